The first-order valence-corrected chi connectivity index (χ1v) is 8.07. The number of hydrogen-bond donors (Lipinski definition) is 2. The van der Waals surface area contributed by atoms with E-state index < -0.39 is 0 Å². The molecule has 0 spiro atoms. The largest absolute Gasteiger partial charge is 0.444 e. The Hall–Kier alpha value is -1.32. The number of benzene rings is 1. The predicted molar refractivity (Wildman–Crippen MR) is 111 cm³/mol. The molecule has 6 nitrogen and oxygen atoms in total. The Balaban J connectivity index is 0.00000312. The topological polar surface area (TPSA) is 71.7 Å². The van der Waals surface area contributed by atoms with Gasteiger partial charge in [0.15, 0.2) is 5.96 Å². The fraction of sp³-hybridized carbons (Fsp3) is 0.412. The number of nitrogens with zero attached hydrogens (tertiary/aromatic N) is 2. The van der Waals surface area contributed by atoms with Gasteiger partial charge in [0.2, 0.25) is 5.89 Å². The van der Waals surface area contributed by atoms with Crippen LogP contribution in [-0.2, 0) is 11.3 Å². The highest BCUT2D eigenvalue weighted by molar-refractivity contribution is 14.0. The molecular formula is C17H24ClIN4O2. The van der Waals surface area contributed by atoms with Gasteiger partial charge in [-0.1, -0.05) is 23.7 Å². The average molecular weight is 479 g/mol. The summed E-state index contributed by atoms with van der Waals surface area (Å²) >= 11 is 6.04. The third-order valence-electron chi connectivity index (χ3n) is 3.66. The number of rotatable bonds is 6. The van der Waals surface area contributed by atoms with Gasteiger partial charge in [-0.2, -0.15) is 0 Å². The lowest BCUT2D eigenvalue weighted by Crippen LogP contribution is -2.39. The van der Waals surface area contributed by atoms with Crippen LogP contribution in [0.4, 0.5) is 0 Å². The van der Waals surface area contributed by atoms with E-state index in [0.717, 1.165) is 17.0 Å². The molecule has 0 aliphatic rings. The zero-order valence-electron chi connectivity index (χ0n) is 14.8. The second kappa shape index (κ2) is 10.6. The van der Waals surface area contributed by atoms with Gasteiger partial charge in [-0.05, 0) is 31.5 Å². The normalized spacial score (nSPS) is 12.4. The summed E-state index contributed by atoms with van der Waals surface area (Å²) in [6.07, 6.45) is -0.131. The number of methoxy groups -OCH3 is 1. The molecule has 0 aliphatic carbocycles. The van der Waals surface area contributed by atoms with Crippen molar-refractivity contribution in [2.45, 2.75) is 26.5 Å². The third-order valence-corrected chi connectivity index (χ3v) is 3.90. The molecule has 138 valence electrons. The summed E-state index contributed by atoms with van der Waals surface area (Å²) in [6, 6.07) is 7.62. The Bertz CT molecular complexity index is 686. The number of aliphatic imine (C=N–C) groups is 1. The zero-order valence-corrected chi connectivity index (χ0v) is 17.9. The van der Waals surface area contributed by atoms with E-state index in [2.05, 4.69) is 20.6 Å². The summed E-state index contributed by atoms with van der Waals surface area (Å²) < 4.78 is 11.1. The van der Waals surface area contributed by atoms with Gasteiger partial charge in [-0.15, -0.1) is 24.0 Å². The van der Waals surface area contributed by atoms with Crippen LogP contribution in [0.5, 0.6) is 0 Å². The lowest BCUT2D eigenvalue weighted by molar-refractivity contribution is 0.106. The lowest BCUT2D eigenvalue weighted by Gasteiger charge is -2.18. The number of guanidine groups is 1. The number of oxazole rings is 1. The summed E-state index contributed by atoms with van der Waals surface area (Å²) in [7, 11) is 3.38. The monoisotopic (exact) mass is 478 g/mol. The van der Waals surface area contributed by atoms with Crippen LogP contribution in [0, 0.1) is 13.8 Å². The highest BCUT2D eigenvalue weighted by atomic mass is 127. The van der Waals surface area contributed by atoms with Crippen molar-refractivity contribution >= 4 is 41.5 Å². The predicted octanol–water partition coefficient (Wildman–Crippen LogP) is 3.62. The molecule has 1 heterocycles. The quantitative estimate of drug-likeness (QED) is 0.377. The van der Waals surface area contributed by atoms with Gasteiger partial charge in [0.25, 0.3) is 0 Å². The molecule has 2 aromatic rings. The number of hydrogen-bond acceptors (Lipinski definition) is 4. The van der Waals surface area contributed by atoms with Crippen molar-refractivity contribution in [3.8, 4) is 0 Å². The van der Waals surface area contributed by atoms with E-state index in [4.69, 9.17) is 20.8 Å². The Labute approximate surface area is 170 Å². The molecule has 1 atom stereocenters. The highest BCUT2D eigenvalue weighted by Crippen LogP contribution is 2.19. The maximum absolute atomic E-state index is 6.04. The van der Waals surface area contributed by atoms with E-state index in [1.807, 2.05) is 38.1 Å². The smallest absolute Gasteiger partial charge is 0.214 e. The first-order valence-electron chi connectivity index (χ1n) is 7.69. The van der Waals surface area contributed by atoms with Crippen LogP contribution in [0.3, 0.4) is 0 Å². The minimum atomic E-state index is -0.131. The maximum Gasteiger partial charge on any atom is 0.214 e. The third kappa shape index (κ3) is 6.48. The van der Waals surface area contributed by atoms with Crippen molar-refractivity contribution < 1.29 is 9.15 Å². The van der Waals surface area contributed by atoms with Gasteiger partial charge >= 0.3 is 0 Å². The van der Waals surface area contributed by atoms with Crippen LogP contribution in [0.2, 0.25) is 5.02 Å². The molecule has 2 rings (SSSR count). The van der Waals surface area contributed by atoms with Crippen molar-refractivity contribution in [3.63, 3.8) is 0 Å². The van der Waals surface area contributed by atoms with E-state index >= 15 is 0 Å². The van der Waals surface area contributed by atoms with Gasteiger partial charge in [-0.3, -0.25) is 4.99 Å². The molecule has 0 fully saturated rings. The highest BCUT2D eigenvalue weighted by Gasteiger charge is 2.12. The fourth-order valence-corrected chi connectivity index (χ4v) is 2.43. The molecule has 1 unspecified atom stereocenters. The van der Waals surface area contributed by atoms with E-state index in [1.165, 1.54) is 0 Å². The van der Waals surface area contributed by atoms with Crippen molar-refractivity contribution in [1.29, 1.82) is 0 Å². The second-order valence-electron chi connectivity index (χ2n) is 5.34. The van der Waals surface area contributed by atoms with Crippen LogP contribution >= 0.6 is 35.6 Å². The van der Waals surface area contributed by atoms with Crippen LogP contribution in [0.25, 0.3) is 0 Å². The van der Waals surface area contributed by atoms with Crippen molar-refractivity contribution in [1.82, 2.24) is 15.6 Å². The van der Waals surface area contributed by atoms with E-state index in [0.29, 0.717) is 30.0 Å². The molecule has 8 heteroatoms. The second-order valence-corrected chi connectivity index (χ2v) is 5.77. The maximum atomic E-state index is 6.04. The van der Waals surface area contributed by atoms with Crippen LogP contribution in [-0.4, -0.2) is 31.6 Å². The van der Waals surface area contributed by atoms with E-state index in [9.17, 15) is 0 Å². The summed E-state index contributed by atoms with van der Waals surface area (Å²) in [5, 5.41) is 7.09. The molecule has 1 aromatic heterocycles. The Morgan fingerprint density at radius 2 is 2.12 bits per heavy atom. The van der Waals surface area contributed by atoms with Gasteiger partial charge in [-0.25, -0.2) is 4.98 Å². The average Bonchev–Trinajstić information content (AvgIpc) is 2.89. The van der Waals surface area contributed by atoms with Crippen molar-refractivity contribution in [2.75, 3.05) is 20.7 Å². The Kier molecular flexibility index (Phi) is 9.23. The number of ether oxygens (including phenoxy) is 1. The SMILES string of the molecule is CN=C(NCc1nc(C)c(C)o1)NCC(OC)c1cccc(Cl)c1.I. The number of halogens is 2. The van der Waals surface area contributed by atoms with E-state index in [1.54, 1.807) is 14.2 Å². The van der Waals surface area contributed by atoms with Gasteiger partial charge < -0.3 is 19.8 Å². The molecule has 0 amide bonds. The number of nitrogens with one attached hydrogen (secondary N) is 2. The molecule has 0 saturated carbocycles. The van der Waals surface area contributed by atoms with Crippen molar-refractivity contribution in [2.24, 2.45) is 4.99 Å². The minimum Gasteiger partial charge on any atom is -0.444 e. The fourth-order valence-electron chi connectivity index (χ4n) is 2.23. The summed E-state index contributed by atoms with van der Waals surface area (Å²) in [4.78, 5) is 8.53. The van der Waals surface area contributed by atoms with Crippen molar-refractivity contribution in [3.05, 3.63) is 52.2 Å². The van der Waals surface area contributed by atoms with Crippen LogP contribution < -0.4 is 10.6 Å². The molecule has 25 heavy (non-hydrogen) atoms. The molecule has 0 saturated heterocycles. The number of aromatic nitrogens is 1. The Morgan fingerprint density at radius 1 is 1.36 bits per heavy atom. The molecule has 0 aliphatic heterocycles. The molecule has 2 N–H and O–H groups in total. The molecule has 1 aromatic carbocycles. The Morgan fingerprint density at radius 3 is 2.68 bits per heavy atom. The van der Waals surface area contributed by atoms with Crippen LogP contribution in [0.15, 0.2) is 33.7 Å². The first-order chi connectivity index (χ1) is 11.5. The van der Waals surface area contributed by atoms with E-state index in [-0.39, 0.29) is 30.1 Å². The van der Waals surface area contributed by atoms with Gasteiger partial charge in [0.05, 0.1) is 18.3 Å². The first kappa shape index (κ1) is 21.7. The van der Waals surface area contributed by atoms with Crippen LogP contribution in [0.1, 0.15) is 29.0 Å². The molecular weight excluding hydrogens is 455 g/mol. The molecule has 0 radical (unpaired) electrons. The number of aryl methyl sites for hydroxylation is 2. The summed E-state index contributed by atoms with van der Waals surface area (Å²) in [5.74, 6) is 2.11. The summed E-state index contributed by atoms with van der Waals surface area (Å²) in [6.45, 7) is 4.83. The van der Waals surface area contributed by atoms with Gasteiger partial charge in [0, 0.05) is 25.7 Å². The molecule has 0 bridgehead atoms. The summed E-state index contributed by atoms with van der Waals surface area (Å²) in [5.41, 5.74) is 1.90. The standard InChI is InChI=1S/C17H23ClN4O2.HI/c1-11-12(2)24-16(22-11)10-21-17(19-3)20-9-15(23-4)13-6-5-7-14(18)8-13;/h5-8,15H,9-10H2,1-4H3,(H2,19,20,21);1H. The minimum absolute atomic E-state index is 0. The zero-order chi connectivity index (χ0) is 17.5. The lowest BCUT2D eigenvalue weighted by atomic mass is 10.1. The van der Waals surface area contributed by atoms with Gasteiger partial charge in [0.1, 0.15) is 5.76 Å².